The fourth-order valence-corrected chi connectivity index (χ4v) is 3.12. The van der Waals surface area contributed by atoms with Crippen LogP contribution < -0.4 is 5.73 Å². The lowest BCUT2D eigenvalue weighted by molar-refractivity contribution is -0.136. The van der Waals surface area contributed by atoms with Crippen LogP contribution in [0.1, 0.15) is 25.7 Å². The molecule has 2 fully saturated rings. The lowest BCUT2D eigenvalue weighted by Crippen LogP contribution is -2.48. The fourth-order valence-electron chi connectivity index (χ4n) is 3.12. The van der Waals surface area contributed by atoms with Crippen LogP contribution in [0.4, 0.5) is 0 Å². The Bertz CT molecular complexity index is 369. The van der Waals surface area contributed by atoms with E-state index in [2.05, 4.69) is 0 Å². The molecule has 2 rings (SSSR count). The highest BCUT2D eigenvalue weighted by atomic mass is 16.3. The molecule has 1 saturated heterocycles. The van der Waals surface area contributed by atoms with Crippen molar-refractivity contribution < 1.29 is 14.7 Å². The highest BCUT2D eigenvalue weighted by molar-refractivity contribution is 5.81. The van der Waals surface area contributed by atoms with Gasteiger partial charge in [0.05, 0.1) is 18.6 Å². The number of carbonyl (C=O) groups excluding carboxylic acids is 2. The standard InChI is InChI=1S/C14H25N3O3/c1-16(7-10-5-12(18)6-10)9-13(19)17-4-2-3-11(8-17)14(15)20/h10-12,18H,2-9H2,1H3,(H2,15,20). The van der Waals surface area contributed by atoms with Gasteiger partial charge in [-0.05, 0) is 38.6 Å². The summed E-state index contributed by atoms with van der Waals surface area (Å²) in [5.74, 6) is 0.0694. The summed E-state index contributed by atoms with van der Waals surface area (Å²) in [4.78, 5) is 27.2. The number of aliphatic hydroxyl groups excluding tert-OH is 1. The van der Waals surface area contributed by atoms with E-state index in [0.29, 0.717) is 19.0 Å². The number of likely N-dealkylation sites (tertiary alicyclic amines) is 1. The molecule has 20 heavy (non-hydrogen) atoms. The van der Waals surface area contributed by atoms with E-state index in [1.165, 1.54) is 0 Å². The number of hydrogen-bond donors (Lipinski definition) is 2. The van der Waals surface area contributed by atoms with E-state index in [0.717, 1.165) is 38.8 Å². The van der Waals surface area contributed by atoms with Crippen molar-refractivity contribution in [1.29, 1.82) is 0 Å². The van der Waals surface area contributed by atoms with Gasteiger partial charge in [0.25, 0.3) is 0 Å². The Morgan fingerprint density at radius 1 is 1.40 bits per heavy atom. The quantitative estimate of drug-likeness (QED) is 0.706. The van der Waals surface area contributed by atoms with Gasteiger partial charge in [0, 0.05) is 19.6 Å². The molecule has 6 heteroatoms. The minimum atomic E-state index is -0.306. The van der Waals surface area contributed by atoms with Crippen LogP contribution >= 0.6 is 0 Å². The molecule has 0 radical (unpaired) electrons. The van der Waals surface area contributed by atoms with Crippen LogP contribution in [0, 0.1) is 11.8 Å². The molecule has 1 saturated carbocycles. The number of carbonyl (C=O) groups is 2. The molecular formula is C14H25N3O3. The number of rotatable bonds is 5. The summed E-state index contributed by atoms with van der Waals surface area (Å²) in [6.07, 6.45) is 3.16. The van der Waals surface area contributed by atoms with E-state index in [9.17, 15) is 14.7 Å². The van der Waals surface area contributed by atoms with Crippen LogP contribution in [-0.4, -0.2) is 66.1 Å². The second-order valence-electron chi connectivity index (χ2n) is 6.27. The number of hydrogen-bond acceptors (Lipinski definition) is 4. The average molecular weight is 283 g/mol. The molecule has 0 aromatic carbocycles. The zero-order valence-electron chi connectivity index (χ0n) is 12.1. The molecule has 1 aliphatic heterocycles. The zero-order valence-corrected chi connectivity index (χ0v) is 12.1. The number of likely N-dealkylation sites (N-methyl/N-ethyl adjacent to an activating group) is 1. The normalized spacial score (nSPS) is 30.1. The topological polar surface area (TPSA) is 86.9 Å². The largest absolute Gasteiger partial charge is 0.393 e. The van der Waals surface area contributed by atoms with Gasteiger partial charge in [0.15, 0.2) is 0 Å². The van der Waals surface area contributed by atoms with E-state index in [-0.39, 0.29) is 23.8 Å². The minimum Gasteiger partial charge on any atom is -0.393 e. The predicted molar refractivity (Wildman–Crippen MR) is 74.7 cm³/mol. The van der Waals surface area contributed by atoms with E-state index in [1.54, 1.807) is 4.90 Å². The van der Waals surface area contributed by atoms with E-state index in [1.807, 2.05) is 11.9 Å². The van der Waals surface area contributed by atoms with Crippen LogP contribution in [0.25, 0.3) is 0 Å². The van der Waals surface area contributed by atoms with Gasteiger partial charge in [0.1, 0.15) is 0 Å². The van der Waals surface area contributed by atoms with Gasteiger partial charge >= 0.3 is 0 Å². The molecule has 114 valence electrons. The summed E-state index contributed by atoms with van der Waals surface area (Å²) in [6, 6.07) is 0. The van der Waals surface area contributed by atoms with Gasteiger partial charge < -0.3 is 15.7 Å². The summed E-state index contributed by atoms with van der Waals surface area (Å²) in [7, 11) is 1.93. The second kappa shape index (κ2) is 6.54. The van der Waals surface area contributed by atoms with Crippen LogP contribution in [0.3, 0.4) is 0 Å². The molecule has 6 nitrogen and oxygen atoms in total. The lowest BCUT2D eigenvalue weighted by atomic mass is 9.82. The van der Waals surface area contributed by atoms with Crippen molar-refractivity contribution in [2.24, 2.45) is 17.6 Å². The first-order valence-corrected chi connectivity index (χ1v) is 7.39. The molecular weight excluding hydrogens is 258 g/mol. The van der Waals surface area contributed by atoms with Crippen LogP contribution in [-0.2, 0) is 9.59 Å². The number of amides is 2. The number of piperidine rings is 1. The smallest absolute Gasteiger partial charge is 0.236 e. The molecule has 0 aromatic rings. The maximum Gasteiger partial charge on any atom is 0.236 e. The molecule has 1 unspecified atom stereocenters. The molecule has 1 aliphatic carbocycles. The third kappa shape index (κ3) is 3.93. The summed E-state index contributed by atoms with van der Waals surface area (Å²) in [6.45, 7) is 2.40. The van der Waals surface area contributed by atoms with Crippen molar-refractivity contribution >= 4 is 11.8 Å². The van der Waals surface area contributed by atoms with E-state index >= 15 is 0 Å². The maximum atomic E-state index is 12.2. The van der Waals surface area contributed by atoms with Crippen molar-refractivity contribution in [3.8, 4) is 0 Å². The Kier molecular flexibility index (Phi) is 4.99. The maximum absolute atomic E-state index is 12.2. The number of aliphatic hydroxyl groups is 1. The first kappa shape index (κ1) is 15.3. The van der Waals surface area contributed by atoms with Crippen molar-refractivity contribution in [1.82, 2.24) is 9.80 Å². The van der Waals surface area contributed by atoms with Crippen molar-refractivity contribution in [3.05, 3.63) is 0 Å². The summed E-state index contributed by atoms with van der Waals surface area (Å²) >= 11 is 0. The summed E-state index contributed by atoms with van der Waals surface area (Å²) < 4.78 is 0. The zero-order chi connectivity index (χ0) is 14.7. The molecule has 0 aromatic heterocycles. The molecule has 0 bridgehead atoms. The molecule has 2 amide bonds. The highest BCUT2D eigenvalue weighted by Crippen LogP contribution is 2.27. The first-order valence-electron chi connectivity index (χ1n) is 7.39. The van der Waals surface area contributed by atoms with Crippen LogP contribution in [0.5, 0.6) is 0 Å². The van der Waals surface area contributed by atoms with Gasteiger partial charge in [-0.3, -0.25) is 14.5 Å². The Morgan fingerprint density at radius 3 is 2.70 bits per heavy atom. The Morgan fingerprint density at radius 2 is 2.10 bits per heavy atom. The third-order valence-electron chi connectivity index (χ3n) is 4.36. The Balaban J connectivity index is 1.74. The van der Waals surface area contributed by atoms with Crippen molar-refractivity contribution in [2.45, 2.75) is 31.8 Å². The fraction of sp³-hybridized carbons (Fsp3) is 0.857. The van der Waals surface area contributed by atoms with Gasteiger partial charge in [0.2, 0.25) is 11.8 Å². The molecule has 1 atom stereocenters. The lowest BCUT2D eigenvalue weighted by Gasteiger charge is -2.36. The number of nitrogens with two attached hydrogens (primary N) is 1. The van der Waals surface area contributed by atoms with Crippen LogP contribution in [0.2, 0.25) is 0 Å². The van der Waals surface area contributed by atoms with Gasteiger partial charge in [-0.2, -0.15) is 0 Å². The van der Waals surface area contributed by atoms with E-state index in [4.69, 9.17) is 5.73 Å². The summed E-state index contributed by atoms with van der Waals surface area (Å²) in [5, 5.41) is 9.26. The molecule has 1 heterocycles. The number of primary amides is 1. The minimum absolute atomic E-state index is 0.0679. The van der Waals surface area contributed by atoms with Gasteiger partial charge in [-0.15, -0.1) is 0 Å². The van der Waals surface area contributed by atoms with Crippen molar-refractivity contribution in [2.75, 3.05) is 33.2 Å². The van der Waals surface area contributed by atoms with Gasteiger partial charge in [-0.1, -0.05) is 0 Å². The molecule has 3 N–H and O–H groups in total. The molecule has 0 spiro atoms. The summed E-state index contributed by atoms with van der Waals surface area (Å²) in [5.41, 5.74) is 5.32. The van der Waals surface area contributed by atoms with Crippen LogP contribution in [0.15, 0.2) is 0 Å². The average Bonchev–Trinajstić information content (AvgIpc) is 2.37. The van der Waals surface area contributed by atoms with E-state index < -0.39 is 0 Å². The SMILES string of the molecule is CN(CC(=O)N1CCCC(C(N)=O)C1)CC1CC(O)C1. The Labute approximate surface area is 119 Å². The first-order chi connectivity index (χ1) is 9.45. The van der Waals surface area contributed by atoms with Gasteiger partial charge in [-0.25, -0.2) is 0 Å². The molecule has 2 aliphatic rings. The number of nitrogens with zero attached hydrogens (tertiary/aromatic N) is 2. The Hall–Kier alpha value is -1.14. The predicted octanol–water partition coefficient (Wildman–Crippen LogP) is -0.587. The van der Waals surface area contributed by atoms with Crippen molar-refractivity contribution in [3.63, 3.8) is 0 Å². The second-order valence-corrected chi connectivity index (χ2v) is 6.27. The highest BCUT2D eigenvalue weighted by Gasteiger charge is 2.30. The monoisotopic (exact) mass is 283 g/mol. The third-order valence-corrected chi connectivity index (χ3v) is 4.36.